The number of H-pyrrole nitrogens is 3. The molecule has 1 aromatic carbocycles. The molecule has 35 heavy (non-hydrogen) atoms. The summed E-state index contributed by atoms with van der Waals surface area (Å²) in [5.74, 6) is 2.28. The summed E-state index contributed by atoms with van der Waals surface area (Å²) < 4.78 is 0. The van der Waals surface area contributed by atoms with Crippen LogP contribution in [0.5, 0.6) is 0 Å². The van der Waals surface area contributed by atoms with E-state index in [0.29, 0.717) is 23.5 Å². The van der Waals surface area contributed by atoms with Gasteiger partial charge in [-0.15, -0.1) is 0 Å². The van der Waals surface area contributed by atoms with Gasteiger partial charge in [-0.1, -0.05) is 12.1 Å². The SMILES string of the molecule is Cc1n[nH]c(C)c1-c1ccc(NC(=O)C(c2nc(-c3cn[nH]c3C)n[nH]2)C(C2CC2)C2CC2)cc1. The highest BCUT2D eigenvalue weighted by Crippen LogP contribution is 2.54. The Morgan fingerprint density at radius 2 is 1.66 bits per heavy atom. The van der Waals surface area contributed by atoms with Crippen LogP contribution in [0.1, 0.15) is 54.5 Å². The number of carbonyl (C=O) groups is 1. The second kappa shape index (κ2) is 8.48. The molecule has 3 aromatic heterocycles. The highest BCUT2D eigenvalue weighted by molar-refractivity contribution is 5.96. The molecule has 2 fully saturated rings. The van der Waals surface area contributed by atoms with E-state index < -0.39 is 0 Å². The molecule has 6 rings (SSSR count). The van der Waals surface area contributed by atoms with Crippen molar-refractivity contribution in [3.05, 3.63) is 53.4 Å². The second-order valence-corrected chi connectivity index (χ2v) is 10.1. The minimum absolute atomic E-state index is 0.0242. The van der Waals surface area contributed by atoms with E-state index in [0.717, 1.165) is 39.5 Å². The maximum Gasteiger partial charge on any atom is 0.235 e. The summed E-state index contributed by atoms with van der Waals surface area (Å²) in [6, 6.07) is 7.98. The molecular weight excluding hydrogens is 440 g/mol. The number of amides is 1. The Balaban J connectivity index is 1.28. The van der Waals surface area contributed by atoms with Crippen molar-refractivity contribution in [3.8, 4) is 22.5 Å². The highest BCUT2D eigenvalue weighted by atomic mass is 16.2. The number of aryl methyl sites for hydroxylation is 3. The Morgan fingerprint density at radius 1 is 0.943 bits per heavy atom. The number of nitrogens with one attached hydrogen (secondary N) is 4. The predicted molar refractivity (Wildman–Crippen MR) is 133 cm³/mol. The molecule has 0 saturated heterocycles. The van der Waals surface area contributed by atoms with Gasteiger partial charge in [0.2, 0.25) is 5.91 Å². The molecule has 0 spiro atoms. The number of rotatable bonds is 8. The molecule has 9 nitrogen and oxygen atoms in total. The summed E-state index contributed by atoms with van der Waals surface area (Å²) in [6.45, 7) is 5.95. The Morgan fingerprint density at radius 3 is 2.23 bits per heavy atom. The fourth-order valence-corrected chi connectivity index (χ4v) is 5.40. The molecule has 9 heteroatoms. The van der Waals surface area contributed by atoms with Crippen LogP contribution in [0.25, 0.3) is 22.5 Å². The van der Waals surface area contributed by atoms with E-state index in [1.807, 2.05) is 45.0 Å². The quantitative estimate of drug-likeness (QED) is 0.298. The van der Waals surface area contributed by atoms with Gasteiger partial charge in [0.25, 0.3) is 0 Å². The number of benzene rings is 1. The minimum Gasteiger partial charge on any atom is -0.325 e. The fourth-order valence-electron chi connectivity index (χ4n) is 5.40. The third-order valence-electron chi connectivity index (χ3n) is 7.44. The van der Waals surface area contributed by atoms with Gasteiger partial charge in [-0.05, 0) is 81.9 Å². The van der Waals surface area contributed by atoms with Gasteiger partial charge in [0.15, 0.2) is 5.82 Å². The average Bonchev–Trinajstić information content (AvgIpc) is 3.75. The van der Waals surface area contributed by atoms with Gasteiger partial charge >= 0.3 is 0 Å². The number of aromatic nitrogens is 7. The summed E-state index contributed by atoms with van der Waals surface area (Å²) in [5, 5.41) is 25.1. The summed E-state index contributed by atoms with van der Waals surface area (Å²) >= 11 is 0. The van der Waals surface area contributed by atoms with Crippen LogP contribution < -0.4 is 5.32 Å². The monoisotopic (exact) mass is 470 g/mol. The molecule has 1 amide bonds. The minimum atomic E-state index is -0.360. The molecule has 0 aliphatic heterocycles. The van der Waals surface area contributed by atoms with Crippen LogP contribution in [0.4, 0.5) is 5.69 Å². The molecule has 1 unspecified atom stereocenters. The molecule has 4 N–H and O–H groups in total. The third-order valence-corrected chi connectivity index (χ3v) is 7.44. The van der Waals surface area contributed by atoms with Crippen molar-refractivity contribution < 1.29 is 4.79 Å². The van der Waals surface area contributed by atoms with Gasteiger partial charge in [0.05, 0.1) is 17.5 Å². The van der Waals surface area contributed by atoms with Crippen LogP contribution in [-0.4, -0.2) is 41.5 Å². The van der Waals surface area contributed by atoms with Crippen molar-refractivity contribution in [1.82, 2.24) is 35.6 Å². The van der Waals surface area contributed by atoms with Gasteiger partial charge in [0.1, 0.15) is 11.7 Å². The van der Waals surface area contributed by atoms with E-state index in [1.54, 1.807) is 6.20 Å². The third kappa shape index (κ3) is 4.15. The standard InChI is InChI=1S/C26H30N8O/c1-13-20(12-27-30-13)24-29-25(34-33-24)23(22(17-4-5-17)18-6-7-18)26(35)28-19-10-8-16(9-11-19)21-14(2)31-32-15(21)3/h8-12,17-18,22-23H,4-7H2,1-3H3,(H,27,30)(H,28,35)(H,31,32)(H,29,33,34). The first-order chi connectivity index (χ1) is 17.0. The Kier molecular flexibility index (Phi) is 5.27. The molecule has 1 atom stereocenters. The van der Waals surface area contributed by atoms with Crippen molar-refractivity contribution in [1.29, 1.82) is 0 Å². The second-order valence-electron chi connectivity index (χ2n) is 10.1. The van der Waals surface area contributed by atoms with Crippen molar-refractivity contribution in [2.24, 2.45) is 17.8 Å². The fraction of sp³-hybridized carbons (Fsp3) is 0.423. The predicted octanol–water partition coefficient (Wildman–Crippen LogP) is 4.67. The van der Waals surface area contributed by atoms with E-state index in [2.05, 4.69) is 35.9 Å². The summed E-state index contributed by atoms with van der Waals surface area (Å²) in [6.07, 6.45) is 6.47. The summed E-state index contributed by atoms with van der Waals surface area (Å²) in [5.41, 5.74) is 6.70. The zero-order valence-corrected chi connectivity index (χ0v) is 20.2. The van der Waals surface area contributed by atoms with E-state index >= 15 is 0 Å². The van der Waals surface area contributed by atoms with Crippen molar-refractivity contribution in [3.63, 3.8) is 0 Å². The molecule has 180 valence electrons. The van der Waals surface area contributed by atoms with Gasteiger partial charge in [-0.2, -0.15) is 15.3 Å². The molecule has 2 aliphatic rings. The molecular formula is C26H30N8O. The zero-order chi connectivity index (χ0) is 24.1. The average molecular weight is 471 g/mol. The summed E-state index contributed by atoms with van der Waals surface area (Å²) in [7, 11) is 0. The first kappa shape index (κ1) is 21.8. The van der Waals surface area contributed by atoms with E-state index in [1.165, 1.54) is 25.7 Å². The Hall–Kier alpha value is -3.75. The number of anilines is 1. The highest BCUT2D eigenvalue weighted by Gasteiger charge is 2.49. The first-order valence-electron chi connectivity index (χ1n) is 12.3. The largest absolute Gasteiger partial charge is 0.325 e. The molecule has 0 radical (unpaired) electrons. The lowest BCUT2D eigenvalue weighted by Crippen LogP contribution is -2.31. The topological polar surface area (TPSA) is 128 Å². The molecule has 2 saturated carbocycles. The Bertz CT molecular complexity index is 1320. The zero-order valence-electron chi connectivity index (χ0n) is 20.2. The van der Waals surface area contributed by atoms with Crippen molar-refractivity contribution in [2.75, 3.05) is 5.32 Å². The van der Waals surface area contributed by atoms with Gasteiger partial charge in [-0.3, -0.25) is 20.1 Å². The molecule has 3 heterocycles. The van der Waals surface area contributed by atoms with Crippen molar-refractivity contribution >= 4 is 11.6 Å². The maximum absolute atomic E-state index is 13.8. The van der Waals surface area contributed by atoms with E-state index in [-0.39, 0.29) is 17.7 Å². The van der Waals surface area contributed by atoms with Crippen LogP contribution in [0, 0.1) is 38.5 Å². The maximum atomic E-state index is 13.8. The number of carbonyl (C=O) groups excluding carboxylic acids is 1. The van der Waals surface area contributed by atoms with Gasteiger partial charge < -0.3 is 5.32 Å². The molecule has 4 aromatic rings. The first-order valence-corrected chi connectivity index (χ1v) is 12.3. The van der Waals surface area contributed by atoms with E-state index in [9.17, 15) is 4.79 Å². The number of hydrogen-bond donors (Lipinski definition) is 4. The van der Waals surface area contributed by atoms with Gasteiger partial charge in [-0.25, -0.2) is 4.98 Å². The van der Waals surface area contributed by atoms with E-state index in [4.69, 9.17) is 4.98 Å². The van der Waals surface area contributed by atoms with Gasteiger partial charge in [0, 0.05) is 22.6 Å². The molecule has 2 aliphatic carbocycles. The Labute approximate surface area is 203 Å². The lowest BCUT2D eigenvalue weighted by Gasteiger charge is -2.24. The van der Waals surface area contributed by atoms with Crippen LogP contribution in [-0.2, 0) is 4.79 Å². The van der Waals surface area contributed by atoms with Crippen LogP contribution in [0.15, 0.2) is 30.5 Å². The number of aromatic amines is 3. The normalized spacial score (nSPS) is 16.6. The molecule has 0 bridgehead atoms. The number of nitrogens with zero attached hydrogens (tertiary/aromatic N) is 4. The van der Waals surface area contributed by atoms with Crippen molar-refractivity contribution in [2.45, 2.75) is 52.4 Å². The summed E-state index contributed by atoms with van der Waals surface area (Å²) in [4.78, 5) is 18.6. The van der Waals surface area contributed by atoms with Crippen LogP contribution >= 0.6 is 0 Å². The van der Waals surface area contributed by atoms with Crippen LogP contribution in [0.3, 0.4) is 0 Å². The smallest absolute Gasteiger partial charge is 0.235 e. The number of hydrogen-bond acceptors (Lipinski definition) is 5. The van der Waals surface area contributed by atoms with Crippen LogP contribution in [0.2, 0.25) is 0 Å². The lowest BCUT2D eigenvalue weighted by molar-refractivity contribution is -0.119. The lowest BCUT2D eigenvalue weighted by atomic mass is 9.82.